The van der Waals surface area contributed by atoms with E-state index in [1.165, 1.54) is 0 Å². The van der Waals surface area contributed by atoms with E-state index >= 15 is 0 Å². The van der Waals surface area contributed by atoms with Crippen LogP contribution in [0.2, 0.25) is 0 Å². The number of carbonyl (C=O) groups is 1. The smallest absolute Gasteiger partial charge is 0.314 e. The summed E-state index contributed by atoms with van der Waals surface area (Å²) in [5.41, 5.74) is 0.135. The molecule has 4 heteroatoms. The van der Waals surface area contributed by atoms with Crippen molar-refractivity contribution in [3.8, 4) is 11.5 Å². The molecule has 0 spiro atoms. The van der Waals surface area contributed by atoms with Gasteiger partial charge in [0.2, 0.25) is 0 Å². The van der Waals surface area contributed by atoms with Gasteiger partial charge in [-0.3, -0.25) is 4.79 Å². The molecule has 0 amide bonds. The van der Waals surface area contributed by atoms with E-state index in [-0.39, 0.29) is 0 Å². The molecule has 17 heavy (non-hydrogen) atoms. The number of carboxylic acids is 1. The Morgan fingerprint density at radius 3 is 2.47 bits per heavy atom. The van der Waals surface area contributed by atoms with E-state index in [0.717, 1.165) is 12.0 Å². The summed E-state index contributed by atoms with van der Waals surface area (Å²) in [5.74, 6) is 0.640. The van der Waals surface area contributed by atoms with Crippen LogP contribution in [0.5, 0.6) is 11.5 Å². The highest BCUT2D eigenvalue weighted by molar-refractivity contribution is 5.83. The van der Waals surface area contributed by atoms with Crippen LogP contribution in [0.1, 0.15) is 24.8 Å². The second-order valence-electron chi connectivity index (χ2n) is 4.60. The fraction of sp³-hybridized carbons (Fsp3) is 0.462. The Morgan fingerprint density at radius 2 is 1.88 bits per heavy atom. The van der Waals surface area contributed by atoms with E-state index in [4.69, 9.17) is 9.47 Å². The molecule has 0 bridgehead atoms. The molecule has 1 fully saturated rings. The maximum Gasteiger partial charge on any atom is 0.314 e. The van der Waals surface area contributed by atoms with Crippen molar-refractivity contribution in [2.45, 2.75) is 24.7 Å². The Labute approximate surface area is 99.2 Å². The first kappa shape index (κ1) is 10.4. The van der Waals surface area contributed by atoms with Gasteiger partial charge in [-0.25, -0.2) is 0 Å². The minimum Gasteiger partial charge on any atom is -0.486 e. The Bertz CT molecular complexity index is 462. The molecule has 1 aliphatic heterocycles. The number of hydrogen-bond acceptors (Lipinski definition) is 3. The molecule has 0 unspecified atom stereocenters. The largest absolute Gasteiger partial charge is 0.486 e. The third-order valence-electron chi connectivity index (χ3n) is 3.71. The van der Waals surface area contributed by atoms with Crippen LogP contribution in [0.4, 0.5) is 0 Å². The SMILES string of the molecule is O=C(O)C1(c2ccc3c(c2)OCCO3)CCC1. The number of rotatable bonds is 2. The monoisotopic (exact) mass is 234 g/mol. The molecule has 1 aromatic carbocycles. The lowest BCUT2D eigenvalue weighted by Gasteiger charge is -2.38. The molecule has 1 saturated carbocycles. The van der Waals surface area contributed by atoms with Crippen LogP contribution in [0.3, 0.4) is 0 Å². The van der Waals surface area contributed by atoms with E-state index in [1.807, 2.05) is 18.2 Å². The summed E-state index contributed by atoms with van der Waals surface area (Å²) >= 11 is 0. The molecular formula is C13H14O4. The fourth-order valence-corrected chi connectivity index (χ4v) is 2.50. The Hall–Kier alpha value is -1.71. The van der Waals surface area contributed by atoms with E-state index < -0.39 is 11.4 Å². The molecule has 0 aromatic heterocycles. The minimum atomic E-state index is -0.736. The average molecular weight is 234 g/mol. The summed E-state index contributed by atoms with van der Waals surface area (Å²) in [5, 5.41) is 9.37. The van der Waals surface area contributed by atoms with Gasteiger partial charge >= 0.3 is 5.97 Å². The van der Waals surface area contributed by atoms with Crippen LogP contribution in [-0.2, 0) is 10.2 Å². The van der Waals surface area contributed by atoms with Gasteiger partial charge in [0.25, 0.3) is 0 Å². The zero-order chi connectivity index (χ0) is 11.9. The second-order valence-corrected chi connectivity index (χ2v) is 4.60. The number of carboxylic acid groups (broad SMARTS) is 1. The summed E-state index contributed by atoms with van der Waals surface area (Å²) in [4.78, 5) is 11.4. The molecule has 1 heterocycles. The van der Waals surface area contributed by atoms with E-state index in [9.17, 15) is 9.90 Å². The number of ether oxygens (including phenoxy) is 2. The van der Waals surface area contributed by atoms with Crippen molar-refractivity contribution in [1.29, 1.82) is 0 Å². The lowest BCUT2D eigenvalue weighted by Crippen LogP contribution is -2.42. The molecule has 4 nitrogen and oxygen atoms in total. The highest BCUT2D eigenvalue weighted by atomic mass is 16.6. The topological polar surface area (TPSA) is 55.8 Å². The van der Waals surface area contributed by atoms with Crippen molar-refractivity contribution in [2.24, 2.45) is 0 Å². The van der Waals surface area contributed by atoms with Gasteiger partial charge in [0.1, 0.15) is 13.2 Å². The Kier molecular flexibility index (Phi) is 2.24. The van der Waals surface area contributed by atoms with Crippen molar-refractivity contribution in [2.75, 3.05) is 13.2 Å². The highest BCUT2D eigenvalue weighted by Gasteiger charge is 2.46. The molecule has 1 aromatic rings. The van der Waals surface area contributed by atoms with Gasteiger partial charge in [-0.05, 0) is 30.5 Å². The van der Waals surface area contributed by atoms with Crippen LogP contribution in [-0.4, -0.2) is 24.3 Å². The number of fused-ring (bicyclic) bond motifs is 1. The van der Waals surface area contributed by atoms with Gasteiger partial charge in [0, 0.05) is 0 Å². The normalized spacial score (nSPS) is 20.5. The molecule has 90 valence electrons. The van der Waals surface area contributed by atoms with Gasteiger partial charge in [-0.2, -0.15) is 0 Å². The van der Waals surface area contributed by atoms with Crippen molar-refractivity contribution in [1.82, 2.24) is 0 Å². The summed E-state index contributed by atoms with van der Waals surface area (Å²) < 4.78 is 10.9. The van der Waals surface area contributed by atoms with E-state index in [1.54, 1.807) is 0 Å². The van der Waals surface area contributed by atoms with Gasteiger partial charge in [0.15, 0.2) is 11.5 Å². The van der Waals surface area contributed by atoms with Crippen molar-refractivity contribution in [3.63, 3.8) is 0 Å². The number of hydrogen-bond donors (Lipinski definition) is 1. The van der Waals surface area contributed by atoms with Crippen LogP contribution in [0.25, 0.3) is 0 Å². The summed E-state index contributed by atoms with van der Waals surface area (Å²) in [7, 11) is 0. The van der Waals surface area contributed by atoms with Crippen molar-refractivity contribution >= 4 is 5.97 Å². The zero-order valence-corrected chi connectivity index (χ0v) is 9.44. The van der Waals surface area contributed by atoms with Crippen LogP contribution < -0.4 is 9.47 Å². The third kappa shape index (κ3) is 1.47. The first-order valence-electron chi connectivity index (χ1n) is 5.86. The lowest BCUT2D eigenvalue weighted by atomic mass is 9.64. The summed E-state index contributed by atoms with van der Waals surface area (Å²) in [6.45, 7) is 1.08. The third-order valence-corrected chi connectivity index (χ3v) is 3.71. The van der Waals surface area contributed by atoms with Crippen molar-refractivity contribution in [3.05, 3.63) is 23.8 Å². The van der Waals surface area contributed by atoms with E-state index in [0.29, 0.717) is 37.6 Å². The molecule has 0 atom stereocenters. The molecule has 1 aliphatic carbocycles. The van der Waals surface area contributed by atoms with E-state index in [2.05, 4.69) is 0 Å². The maximum absolute atomic E-state index is 11.4. The first-order chi connectivity index (χ1) is 8.22. The molecule has 1 N–H and O–H groups in total. The second kappa shape index (κ2) is 3.65. The molecular weight excluding hydrogens is 220 g/mol. The zero-order valence-electron chi connectivity index (χ0n) is 9.44. The van der Waals surface area contributed by atoms with Crippen LogP contribution in [0.15, 0.2) is 18.2 Å². The summed E-state index contributed by atoms with van der Waals surface area (Å²) in [6, 6.07) is 5.48. The predicted molar refractivity (Wildman–Crippen MR) is 60.6 cm³/mol. The van der Waals surface area contributed by atoms with Crippen molar-refractivity contribution < 1.29 is 19.4 Å². The Balaban J connectivity index is 2.01. The first-order valence-corrected chi connectivity index (χ1v) is 5.86. The fourth-order valence-electron chi connectivity index (χ4n) is 2.50. The molecule has 3 rings (SSSR count). The number of benzene rings is 1. The predicted octanol–water partition coefficient (Wildman–Crippen LogP) is 1.96. The van der Waals surface area contributed by atoms with Gasteiger partial charge in [-0.15, -0.1) is 0 Å². The van der Waals surface area contributed by atoms with Crippen LogP contribution in [0, 0.1) is 0 Å². The molecule has 0 radical (unpaired) electrons. The standard InChI is InChI=1S/C13H14O4/c14-12(15)13(4-1-5-13)9-2-3-10-11(8-9)17-7-6-16-10/h2-3,8H,1,4-7H2,(H,14,15). The number of aliphatic carboxylic acids is 1. The minimum absolute atomic E-state index is 0.524. The maximum atomic E-state index is 11.4. The van der Waals surface area contributed by atoms with Crippen LogP contribution >= 0.6 is 0 Å². The van der Waals surface area contributed by atoms with Gasteiger partial charge < -0.3 is 14.6 Å². The Morgan fingerprint density at radius 1 is 1.18 bits per heavy atom. The summed E-state index contributed by atoms with van der Waals surface area (Å²) in [6.07, 6.45) is 2.39. The average Bonchev–Trinajstić information content (AvgIpc) is 2.27. The lowest BCUT2D eigenvalue weighted by molar-refractivity contribution is -0.147. The van der Waals surface area contributed by atoms with Gasteiger partial charge in [-0.1, -0.05) is 12.5 Å². The van der Waals surface area contributed by atoms with Gasteiger partial charge in [0.05, 0.1) is 5.41 Å². The molecule has 0 saturated heterocycles. The highest BCUT2D eigenvalue weighted by Crippen LogP contribution is 2.46. The molecule has 2 aliphatic rings. The quantitative estimate of drug-likeness (QED) is 0.849.